The van der Waals surface area contributed by atoms with Crippen LogP contribution in [0.1, 0.15) is 54.4 Å². The largest absolute Gasteiger partial charge is 0.462 e. The fourth-order valence-corrected chi connectivity index (χ4v) is 3.96. The van der Waals surface area contributed by atoms with Crippen molar-refractivity contribution in [2.45, 2.75) is 72.9 Å². The van der Waals surface area contributed by atoms with Crippen LogP contribution in [0.5, 0.6) is 0 Å². The summed E-state index contributed by atoms with van der Waals surface area (Å²) in [4.78, 5) is 58.2. The normalized spacial score (nSPS) is 21.3. The van der Waals surface area contributed by atoms with Gasteiger partial charge in [0, 0.05) is 32.3 Å². The highest BCUT2D eigenvalue weighted by Crippen LogP contribution is 2.42. The summed E-state index contributed by atoms with van der Waals surface area (Å²) < 4.78 is 22.2. The maximum Gasteiger partial charge on any atom is 0.305 e. The Balaban J connectivity index is 3.74. The van der Waals surface area contributed by atoms with E-state index in [4.69, 9.17) is 18.9 Å². The zero-order valence-electron chi connectivity index (χ0n) is 21.1. The molecule has 0 spiro atoms. The molecule has 0 radical (unpaired) electrons. The van der Waals surface area contributed by atoms with E-state index in [9.17, 15) is 24.0 Å². The predicted molar refractivity (Wildman–Crippen MR) is 127 cm³/mol. The Hall–Kier alpha value is -3.49. The van der Waals surface area contributed by atoms with Crippen molar-refractivity contribution in [2.75, 3.05) is 0 Å². The van der Waals surface area contributed by atoms with Gasteiger partial charge in [-0.2, -0.15) is 0 Å². The smallest absolute Gasteiger partial charge is 0.305 e. The van der Waals surface area contributed by atoms with Gasteiger partial charge in [-0.15, -0.1) is 0 Å². The third-order valence-electron chi connectivity index (χ3n) is 5.29. The molecule has 1 heterocycles. The van der Waals surface area contributed by atoms with E-state index >= 15 is 0 Å². The summed E-state index contributed by atoms with van der Waals surface area (Å²) in [7, 11) is 0. The van der Waals surface area contributed by atoms with Crippen LogP contribution >= 0.6 is 0 Å². The van der Waals surface area contributed by atoms with E-state index in [0.717, 1.165) is 5.57 Å². The van der Waals surface area contributed by atoms with Crippen LogP contribution < -0.4 is 0 Å². The lowest BCUT2D eigenvalue weighted by Gasteiger charge is -2.41. The maximum absolute atomic E-state index is 12.1. The zero-order chi connectivity index (χ0) is 26.7. The second-order valence-corrected chi connectivity index (χ2v) is 8.57. The Labute approximate surface area is 205 Å². The number of rotatable bonds is 12. The molecule has 5 atom stereocenters. The van der Waals surface area contributed by atoms with Crippen LogP contribution in [0, 0.1) is 11.8 Å². The third kappa shape index (κ3) is 9.35. The van der Waals surface area contributed by atoms with Crippen molar-refractivity contribution in [3.05, 3.63) is 47.3 Å². The second-order valence-electron chi connectivity index (χ2n) is 8.57. The lowest BCUT2D eigenvalue weighted by atomic mass is 9.74. The fraction of sp³-hybridized carbons (Fsp3) is 0.500. The number of carbonyl (C=O) groups excluding carboxylic acids is 5. The molecule has 0 aliphatic carbocycles. The third-order valence-corrected chi connectivity index (χ3v) is 5.29. The maximum atomic E-state index is 12.1. The summed E-state index contributed by atoms with van der Waals surface area (Å²) in [6.45, 7) is 12.7. The summed E-state index contributed by atoms with van der Waals surface area (Å²) in [5, 5.41) is 0. The van der Waals surface area contributed by atoms with Crippen LogP contribution in [0.15, 0.2) is 47.3 Å². The molecule has 0 aromatic rings. The van der Waals surface area contributed by atoms with Gasteiger partial charge in [-0.25, -0.2) is 0 Å². The first-order valence-electron chi connectivity index (χ1n) is 11.2. The van der Waals surface area contributed by atoms with Gasteiger partial charge in [0.05, 0.1) is 12.2 Å². The number of ether oxygens (including phenoxy) is 4. The molecule has 0 N–H and O–H groups in total. The molecule has 0 amide bonds. The molecule has 192 valence electrons. The van der Waals surface area contributed by atoms with Gasteiger partial charge in [-0.1, -0.05) is 17.7 Å². The average molecular weight is 491 g/mol. The summed E-state index contributed by atoms with van der Waals surface area (Å²) in [5.74, 6) is -2.99. The van der Waals surface area contributed by atoms with Gasteiger partial charge in [-0.3, -0.25) is 24.0 Å². The zero-order valence-corrected chi connectivity index (χ0v) is 21.1. The van der Waals surface area contributed by atoms with Gasteiger partial charge in [0.1, 0.15) is 12.6 Å². The number of carbonyl (C=O) groups is 5. The van der Waals surface area contributed by atoms with E-state index in [0.29, 0.717) is 35.7 Å². The molecule has 1 rings (SSSR count). The average Bonchev–Trinajstić information content (AvgIpc) is 2.74. The van der Waals surface area contributed by atoms with Crippen LogP contribution in [0.4, 0.5) is 0 Å². The van der Waals surface area contributed by atoms with Crippen LogP contribution in [0.2, 0.25) is 0 Å². The Morgan fingerprint density at radius 3 is 2.14 bits per heavy atom. The minimum absolute atomic E-state index is 0.275. The second kappa shape index (κ2) is 14.0. The van der Waals surface area contributed by atoms with Gasteiger partial charge in [-0.05, 0) is 51.3 Å². The van der Waals surface area contributed by atoms with Crippen LogP contribution in [-0.2, 0) is 42.9 Å². The van der Waals surface area contributed by atoms with Crippen LogP contribution in [0.25, 0.3) is 0 Å². The molecule has 0 fully saturated rings. The molecule has 9 nitrogen and oxygen atoms in total. The van der Waals surface area contributed by atoms with E-state index in [1.807, 2.05) is 0 Å². The first kappa shape index (κ1) is 29.5. The van der Waals surface area contributed by atoms with Gasteiger partial charge in [0.15, 0.2) is 12.2 Å². The van der Waals surface area contributed by atoms with Crippen LogP contribution in [0.3, 0.4) is 0 Å². The Morgan fingerprint density at radius 2 is 1.66 bits per heavy atom. The van der Waals surface area contributed by atoms with Gasteiger partial charge in [0.2, 0.25) is 6.29 Å². The van der Waals surface area contributed by atoms with Crippen molar-refractivity contribution in [3.63, 3.8) is 0 Å². The van der Waals surface area contributed by atoms with E-state index < -0.39 is 48.2 Å². The standard InChI is InChI=1S/C26H34O9/c1-15(2)12-23(33-18(5)29)25(34-19(6)30)22-14-32-26(35-20(7)31)24(17(4)10-11-27)21(22)9-8-16(3)13-28/h10-14,21,23-26H,3,8-9H2,1-2,4-7H3/b17-10+/t21?,23?,24-,25?,26+/m0/s1. The minimum atomic E-state index is -1.08. The molecule has 0 aromatic heterocycles. The highest BCUT2D eigenvalue weighted by atomic mass is 16.7. The summed E-state index contributed by atoms with van der Waals surface area (Å²) in [6, 6.07) is 0. The predicted octanol–water partition coefficient (Wildman–Crippen LogP) is 3.53. The first-order chi connectivity index (χ1) is 16.4. The van der Waals surface area contributed by atoms with Crippen molar-refractivity contribution in [1.29, 1.82) is 0 Å². The molecule has 1 aliphatic rings. The summed E-state index contributed by atoms with van der Waals surface area (Å²) >= 11 is 0. The molecule has 3 unspecified atom stereocenters. The van der Waals surface area contributed by atoms with Gasteiger partial charge < -0.3 is 18.9 Å². The lowest BCUT2D eigenvalue weighted by Crippen LogP contribution is -2.44. The molecule has 35 heavy (non-hydrogen) atoms. The van der Waals surface area contributed by atoms with E-state index in [1.165, 1.54) is 33.1 Å². The molecule has 0 saturated carbocycles. The van der Waals surface area contributed by atoms with Crippen LogP contribution in [-0.4, -0.2) is 49.0 Å². The number of allylic oxidation sites excluding steroid dienone is 3. The van der Waals surface area contributed by atoms with Gasteiger partial charge in [0.25, 0.3) is 0 Å². The van der Waals surface area contributed by atoms with Crippen molar-refractivity contribution in [1.82, 2.24) is 0 Å². The molecule has 0 saturated heterocycles. The van der Waals surface area contributed by atoms with Crippen molar-refractivity contribution in [2.24, 2.45) is 11.8 Å². The summed E-state index contributed by atoms with van der Waals surface area (Å²) in [6.07, 6.45) is 3.02. The lowest BCUT2D eigenvalue weighted by molar-refractivity contribution is -0.182. The Bertz CT molecular complexity index is 921. The van der Waals surface area contributed by atoms with Crippen molar-refractivity contribution in [3.8, 4) is 0 Å². The van der Waals surface area contributed by atoms with Gasteiger partial charge >= 0.3 is 17.9 Å². The first-order valence-corrected chi connectivity index (χ1v) is 11.2. The monoisotopic (exact) mass is 490 g/mol. The highest BCUT2D eigenvalue weighted by Gasteiger charge is 2.44. The molecule has 0 bridgehead atoms. The molecular weight excluding hydrogens is 456 g/mol. The topological polar surface area (TPSA) is 122 Å². The number of hydrogen-bond acceptors (Lipinski definition) is 9. The quantitative estimate of drug-likeness (QED) is 0.133. The SMILES string of the molecule is C=C(C=O)CCC1C(C(OC(C)=O)C(C=C(C)C)OC(C)=O)=CO[C@H](OC(C)=O)[C@H]1/C(C)=C/C=O. The summed E-state index contributed by atoms with van der Waals surface area (Å²) in [5.41, 5.74) is 2.13. The Morgan fingerprint density at radius 1 is 1.03 bits per heavy atom. The number of hydrogen-bond donors (Lipinski definition) is 0. The number of aldehydes is 2. The molecule has 0 aromatic carbocycles. The number of esters is 3. The van der Waals surface area contributed by atoms with Crippen molar-refractivity contribution >= 4 is 30.5 Å². The van der Waals surface area contributed by atoms with E-state index in [1.54, 1.807) is 26.8 Å². The van der Waals surface area contributed by atoms with Crippen molar-refractivity contribution < 1.29 is 42.9 Å². The Kier molecular flexibility index (Phi) is 11.8. The van der Waals surface area contributed by atoms with E-state index in [-0.39, 0.29) is 6.42 Å². The highest BCUT2D eigenvalue weighted by molar-refractivity contribution is 5.72. The molecule has 1 aliphatic heterocycles. The van der Waals surface area contributed by atoms with E-state index in [2.05, 4.69) is 6.58 Å². The molecule has 9 heteroatoms. The fourth-order valence-electron chi connectivity index (χ4n) is 3.96. The molecular formula is C26H34O9. The minimum Gasteiger partial charge on any atom is -0.462 e.